The van der Waals surface area contributed by atoms with E-state index in [0.29, 0.717) is 34.1 Å². The van der Waals surface area contributed by atoms with Crippen molar-refractivity contribution in [1.29, 1.82) is 0 Å². The maximum atomic E-state index is 12.7. The van der Waals surface area contributed by atoms with E-state index < -0.39 is 0 Å². The van der Waals surface area contributed by atoms with Gasteiger partial charge in [0.2, 0.25) is 16.8 Å². The van der Waals surface area contributed by atoms with E-state index in [-0.39, 0.29) is 12.5 Å². The number of aromatic nitrogens is 4. The van der Waals surface area contributed by atoms with Gasteiger partial charge in [0.05, 0.1) is 5.56 Å². The van der Waals surface area contributed by atoms with Gasteiger partial charge in [0.15, 0.2) is 6.61 Å². The highest BCUT2D eigenvalue weighted by molar-refractivity contribution is 7.15. The standard InChI is InChI=1S/C18H21N5O3S/c1-4-12(5-2)17-21-22-18(27-17)20-16(24)13-8-6-7-9-14(13)25-10-15-19-11(3)26-23-15/h6-9,12H,4-5,10H2,1-3H3,(H,20,22,24). The van der Waals surface area contributed by atoms with Crippen molar-refractivity contribution in [2.45, 2.75) is 46.1 Å². The van der Waals surface area contributed by atoms with Crippen LogP contribution in [-0.2, 0) is 6.61 Å². The Kier molecular flexibility index (Phi) is 6.12. The Labute approximate surface area is 161 Å². The molecule has 0 atom stereocenters. The molecule has 0 bridgehead atoms. The number of nitrogens with one attached hydrogen (secondary N) is 1. The summed E-state index contributed by atoms with van der Waals surface area (Å²) >= 11 is 1.40. The highest BCUT2D eigenvalue weighted by atomic mass is 32.1. The fourth-order valence-electron chi connectivity index (χ4n) is 2.57. The lowest BCUT2D eigenvalue weighted by molar-refractivity contribution is 0.102. The third-order valence-corrected chi connectivity index (χ3v) is 5.06. The third kappa shape index (κ3) is 4.68. The van der Waals surface area contributed by atoms with Gasteiger partial charge in [-0.25, -0.2) is 0 Å². The zero-order valence-electron chi connectivity index (χ0n) is 15.4. The Hall–Kier alpha value is -2.81. The Balaban J connectivity index is 1.69. The molecule has 1 N–H and O–H groups in total. The average Bonchev–Trinajstić information content (AvgIpc) is 3.30. The van der Waals surface area contributed by atoms with Crippen LogP contribution in [-0.4, -0.2) is 26.2 Å². The molecule has 0 saturated heterocycles. The quantitative estimate of drug-likeness (QED) is 0.624. The molecule has 0 unspecified atom stereocenters. The van der Waals surface area contributed by atoms with Gasteiger partial charge in [0.1, 0.15) is 10.8 Å². The zero-order valence-corrected chi connectivity index (χ0v) is 16.2. The molecule has 0 radical (unpaired) electrons. The largest absolute Gasteiger partial charge is 0.485 e. The van der Waals surface area contributed by atoms with Crippen LogP contribution in [0.3, 0.4) is 0 Å². The van der Waals surface area contributed by atoms with Crippen LogP contribution in [0.15, 0.2) is 28.8 Å². The predicted octanol–water partition coefficient (Wildman–Crippen LogP) is 3.96. The Bertz CT molecular complexity index is 904. The third-order valence-electron chi connectivity index (χ3n) is 4.05. The van der Waals surface area contributed by atoms with Crippen molar-refractivity contribution in [3.8, 4) is 5.75 Å². The van der Waals surface area contributed by atoms with Crippen LogP contribution in [0, 0.1) is 6.92 Å². The Morgan fingerprint density at radius 2 is 2.04 bits per heavy atom. The summed E-state index contributed by atoms with van der Waals surface area (Å²) in [6.07, 6.45) is 1.98. The first kappa shape index (κ1) is 19.0. The van der Waals surface area contributed by atoms with Crippen LogP contribution >= 0.6 is 11.3 Å². The van der Waals surface area contributed by atoms with E-state index in [1.54, 1.807) is 31.2 Å². The summed E-state index contributed by atoms with van der Waals surface area (Å²) in [5, 5.41) is 16.3. The highest BCUT2D eigenvalue weighted by Crippen LogP contribution is 2.29. The minimum Gasteiger partial charge on any atom is -0.485 e. The van der Waals surface area contributed by atoms with Crippen LogP contribution < -0.4 is 10.1 Å². The number of benzene rings is 1. The monoisotopic (exact) mass is 387 g/mol. The van der Waals surface area contributed by atoms with Gasteiger partial charge in [0, 0.05) is 12.8 Å². The van der Waals surface area contributed by atoms with Gasteiger partial charge in [-0.15, -0.1) is 10.2 Å². The van der Waals surface area contributed by atoms with Gasteiger partial charge in [-0.1, -0.05) is 42.5 Å². The maximum absolute atomic E-state index is 12.7. The van der Waals surface area contributed by atoms with E-state index in [0.717, 1.165) is 17.8 Å². The number of hydrogen-bond donors (Lipinski definition) is 1. The van der Waals surface area contributed by atoms with Gasteiger partial charge < -0.3 is 9.26 Å². The molecule has 142 valence electrons. The van der Waals surface area contributed by atoms with Crippen LogP contribution in [0.4, 0.5) is 5.13 Å². The van der Waals surface area contributed by atoms with Crippen molar-refractivity contribution in [1.82, 2.24) is 20.3 Å². The highest BCUT2D eigenvalue weighted by Gasteiger charge is 2.17. The normalized spacial score (nSPS) is 11.0. The summed E-state index contributed by atoms with van der Waals surface area (Å²) in [5.41, 5.74) is 0.400. The molecule has 1 aromatic carbocycles. The Morgan fingerprint density at radius 3 is 2.74 bits per heavy atom. The maximum Gasteiger partial charge on any atom is 0.261 e. The molecule has 1 amide bonds. The summed E-state index contributed by atoms with van der Waals surface area (Å²) in [5.74, 6) is 1.37. The molecule has 3 aromatic rings. The lowest BCUT2D eigenvalue weighted by Crippen LogP contribution is -2.13. The van der Waals surface area contributed by atoms with Crippen LogP contribution in [0.2, 0.25) is 0 Å². The first-order valence-electron chi connectivity index (χ1n) is 8.76. The minimum absolute atomic E-state index is 0.110. The molecule has 27 heavy (non-hydrogen) atoms. The number of hydrogen-bond acceptors (Lipinski definition) is 8. The van der Waals surface area contributed by atoms with Gasteiger partial charge in [-0.2, -0.15) is 4.98 Å². The molecule has 3 rings (SSSR count). The van der Waals surface area contributed by atoms with Gasteiger partial charge >= 0.3 is 0 Å². The molecule has 0 spiro atoms. The number of amides is 1. The number of nitrogens with zero attached hydrogens (tertiary/aromatic N) is 4. The van der Waals surface area contributed by atoms with Crippen molar-refractivity contribution >= 4 is 22.4 Å². The lowest BCUT2D eigenvalue weighted by atomic mass is 10.1. The topological polar surface area (TPSA) is 103 Å². The number of anilines is 1. The second-order valence-electron chi connectivity index (χ2n) is 5.93. The van der Waals surface area contributed by atoms with E-state index in [1.165, 1.54) is 11.3 Å². The summed E-state index contributed by atoms with van der Waals surface area (Å²) in [6, 6.07) is 6.98. The van der Waals surface area contributed by atoms with E-state index in [2.05, 4.69) is 39.5 Å². The summed E-state index contributed by atoms with van der Waals surface area (Å²) in [6.45, 7) is 6.05. The second-order valence-corrected chi connectivity index (χ2v) is 6.94. The number of rotatable bonds is 8. The van der Waals surface area contributed by atoms with Crippen molar-refractivity contribution in [3.05, 3.63) is 46.6 Å². The fourth-order valence-corrected chi connectivity index (χ4v) is 3.58. The SMILES string of the molecule is CCC(CC)c1nnc(NC(=O)c2ccccc2OCc2noc(C)n2)s1. The van der Waals surface area contributed by atoms with Crippen molar-refractivity contribution in [3.63, 3.8) is 0 Å². The molecule has 9 heteroatoms. The van der Waals surface area contributed by atoms with Crippen molar-refractivity contribution < 1.29 is 14.1 Å². The number of aryl methyl sites for hydroxylation is 1. The molecule has 0 aliphatic carbocycles. The van der Waals surface area contributed by atoms with E-state index >= 15 is 0 Å². The molecule has 2 aromatic heterocycles. The van der Waals surface area contributed by atoms with Crippen molar-refractivity contribution in [2.24, 2.45) is 0 Å². The summed E-state index contributed by atoms with van der Waals surface area (Å²) in [7, 11) is 0. The molecular formula is C18H21N5O3S. The van der Waals surface area contributed by atoms with Crippen molar-refractivity contribution in [2.75, 3.05) is 5.32 Å². The predicted molar refractivity (Wildman–Crippen MR) is 101 cm³/mol. The number of carbonyl (C=O) groups excluding carboxylic acids is 1. The first-order valence-corrected chi connectivity index (χ1v) is 9.58. The molecule has 8 nitrogen and oxygen atoms in total. The molecular weight excluding hydrogens is 366 g/mol. The Morgan fingerprint density at radius 1 is 1.26 bits per heavy atom. The molecule has 2 heterocycles. The van der Waals surface area contributed by atoms with Gasteiger partial charge in [-0.3, -0.25) is 10.1 Å². The van der Waals surface area contributed by atoms with Crippen LogP contribution in [0.25, 0.3) is 0 Å². The molecule has 0 fully saturated rings. The average molecular weight is 387 g/mol. The second kappa shape index (κ2) is 8.72. The van der Waals surface area contributed by atoms with E-state index in [1.807, 2.05) is 0 Å². The first-order chi connectivity index (χ1) is 13.1. The number of carbonyl (C=O) groups is 1. The molecule has 0 aliphatic rings. The summed E-state index contributed by atoms with van der Waals surface area (Å²) < 4.78 is 10.6. The summed E-state index contributed by atoms with van der Waals surface area (Å²) in [4.78, 5) is 16.7. The smallest absolute Gasteiger partial charge is 0.261 e. The zero-order chi connectivity index (χ0) is 19.2. The van der Waals surface area contributed by atoms with Crippen LogP contribution in [0.1, 0.15) is 59.7 Å². The number of ether oxygens (including phenoxy) is 1. The fraction of sp³-hybridized carbons (Fsp3) is 0.389. The minimum atomic E-state index is -0.304. The van der Waals surface area contributed by atoms with Crippen LogP contribution in [0.5, 0.6) is 5.75 Å². The van der Waals surface area contributed by atoms with Gasteiger partial charge in [-0.05, 0) is 25.0 Å². The van der Waals surface area contributed by atoms with E-state index in [9.17, 15) is 4.79 Å². The van der Waals surface area contributed by atoms with E-state index in [4.69, 9.17) is 9.26 Å². The molecule has 0 aliphatic heterocycles. The van der Waals surface area contributed by atoms with Gasteiger partial charge in [0.25, 0.3) is 5.91 Å². The number of para-hydroxylation sites is 1. The molecule has 0 saturated carbocycles. The lowest BCUT2D eigenvalue weighted by Gasteiger charge is -2.09.